The zero-order valence-electron chi connectivity index (χ0n) is 12.6. The Labute approximate surface area is 133 Å². The normalized spacial score (nSPS) is 11.8. The molecule has 112 valence electrons. The molecule has 1 heterocycles. The van der Waals surface area contributed by atoms with Crippen LogP contribution in [0.1, 0.15) is 13.8 Å². The molecule has 3 rings (SSSR count). The quantitative estimate of drug-likeness (QED) is 0.548. The van der Waals surface area contributed by atoms with E-state index in [1.54, 1.807) is 31.4 Å². The van der Waals surface area contributed by atoms with Gasteiger partial charge in [-0.25, -0.2) is 4.79 Å². The van der Waals surface area contributed by atoms with Crippen LogP contribution in [0.15, 0.2) is 54.2 Å². The maximum Gasteiger partial charge on any atom is 0.335 e. The van der Waals surface area contributed by atoms with Crippen LogP contribution in [0, 0.1) is 0 Å². The predicted molar refractivity (Wildman–Crippen MR) is 93.3 cm³/mol. The van der Waals surface area contributed by atoms with Gasteiger partial charge in [-0.1, -0.05) is 18.2 Å². The first-order chi connectivity index (χ1) is 10.7. The molecule has 0 aliphatic rings. The number of thiophene rings is 1. The molecule has 0 spiro atoms. The van der Waals surface area contributed by atoms with Gasteiger partial charge in [0.15, 0.2) is 0 Å². The van der Waals surface area contributed by atoms with Crippen molar-refractivity contribution in [3.63, 3.8) is 0 Å². The first kappa shape index (κ1) is 14.6. The number of benzene rings is 2. The van der Waals surface area contributed by atoms with Crippen LogP contribution in [-0.2, 0) is 9.53 Å². The molecular formula is C18H17NO2S. The van der Waals surface area contributed by atoms with Gasteiger partial charge in [0, 0.05) is 32.1 Å². The second-order valence-electron chi connectivity index (χ2n) is 5.00. The summed E-state index contributed by atoms with van der Waals surface area (Å²) in [6.45, 7) is 3.93. The number of ether oxygens (including phenoxy) is 1. The van der Waals surface area contributed by atoms with Crippen LogP contribution in [-0.4, -0.2) is 12.6 Å². The fraction of sp³-hybridized carbons (Fsp3) is 0.167. The highest BCUT2D eigenvalue weighted by Gasteiger charge is 2.06. The van der Waals surface area contributed by atoms with Gasteiger partial charge in [-0.05, 0) is 38.1 Å². The molecule has 0 aliphatic heterocycles. The topological polar surface area (TPSA) is 38.3 Å². The Morgan fingerprint density at radius 3 is 2.77 bits per heavy atom. The van der Waals surface area contributed by atoms with E-state index in [1.807, 2.05) is 6.07 Å². The molecule has 2 aromatic carbocycles. The highest BCUT2D eigenvalue weighted by atomic mass is 32.1. The average Bonchev–Trinajstić information content (AvgIpc) is 2.90. The Morgan fingerprint density at radius 1 is 1.18 bits per heavy atom. The standard InChI is InChI=1S/C18H17NO2S/c1-3-21-18(20)12(2)11-19-13-8-9-17-15(10-13)14-6-4-5-7-16(14)22-17/h4-11,19H,3H2,1-2H3/b12-11-. The SMILES string of the molecule is CCOC(=O)/C(C)=C\Nc1ccc2sc3ccccc3c2c1. The first-order valence-electron chi connectivity index (χ1n) is 7.21. The van der Waals surface area contributed by atoms with Crippen LogP contribution in [0.2, 0.25) is 0 Å². The fourth-order valence-corrected chi connectivity index (χ4v) is 3.40. The van der Waals surface area contributed by atoms with Gasteiger partial charge in [-0.3, -0.25) is 0 Å². The number of hydrogen-bond donors (Lipinski definition) is 1. The monoisotopic (exact) mass is 311 g/mol. The van der Waals surface area contributed by atoms with Crippen molar-refractivity contribution in [2.24, 2.45) is 0 Å². The molecule has 4 heteroatoms. The number of esters is 1. The molecule has 1 N–H and O–H groups in total. The van der Waals surface area contributed by atoms with E-state index >= 15 is 0 Å². The Morgan fingerprint density at radius 2 is 1.95 bits per heavy atom. The number of hydrogen-bond acceptors (Lipinski definition) is 4. The van der Waals surface area contributed by atoms with Crippen molar-refractivity contribution < 1.29 is 9.53 Å². The molecule has 0 bridgehead atoms. The predicted octanol–water partition coefficient (Wildman–Crippen LogP) is 4.93. The second kappa shape index (κ2) is 6.20. The van der Waals surface area contributed by atoms with Crippen molar-refractivity contribution in [3.8, 4) is 0 Å². The average molecular weight is 311 g/mol. The lowest BCUT2D eigenvalue weighted by atomic mass is 10.1. The van der Waals surface area contributed by atoms with E-state index in [0.717, 1.165) is 5.69 Å². The Kier molecular flexibility index (Phi) is 4.11. The molecule has 3 nitrogen and oxygen atoms in total. The minimum atomic E-state index is -0.294. The van der Waals surface area contributed by atoms with Gasteiger partial charge in [-0.2, -0.15) is 0 Å². The van der Waals surface area contributed by atoms with E-state index in [9.17, 15) is 4.79 Å². The molecule has 0 aliphatic carbocycles. The smallest absolute Gasteiger partial charge is 0.335 e. The lowest BCUT2D eigenvalue weighted by Crippen LogP contribution is -2.06. The van der Waals surface area contributed by atoms with E-state index in [1.165, 1.54) is 20.2 Å². The number of anilines is 1. The molecule has 0 saturated carbocycles. The van der Waals surface area contributed by atoms with Gasteiger partial charge >= 0.3 is 5.97 Å². The number of fused-ring (bicyclic) bond motifs is 3. The van der Waals surface area contributed by atoms with Gasteiger partial charge in [-0.15, -0.1) is 11.3 Å². The lowest BCUT2D eigenvalue weighted by molar-refractivity contribution is -0.138. The third-order valence-corrected chi connectivity index (χ3v) is 4.58. The first-order valence-corrected chi connectivity index (χ1v) is 8.02. The second-order valence-corrected chi connectivity index (χ2v) is 6.09. The molecule has 1 aromatic heterocycles. The van der Waals surface area contributed by atoms with Gasteiger partial charge in [0.05, 0.1) is 12.2 Å². The van der Waals surface area contributed by atoms with Crippen molar-refractivity contribution in [1.82, 2.24) is 0 Å². The summed E-state index contributed by atoms with van der Waals surface area (Å²) in [5.41, 5.74) is 1.51. The highest BCUT2D eigenvalue weighted by Crippen LogP contribution is 2.35. The van der Waals surface area contributed by atoms with Crippen molar-refractivity contribution in [3.05, 3.63) is 54.2 Å². The molecule has 0 radical (unpaired) electrons. The van der Waals surface area contributed by atoms with Crippen LogP contribution in [0.5, 0.6) is 0 Å². The van der Waals surface area contributed by atoms with E-state index in [-0.39, 0.29) is 5.97 Å². The fourth-order valence-electron chi connectivity index (χ4n) is 2.31. The molecule has 0 unspecified atom stereocenters. The Bertz CT molecular complexity index is 864. The van der Waals surface area contributed by atoms with Crippen LogP contribution in [0.4, 0.5) is 5.69 Å². The third-order valence-electron chi connectivity index (χ3n) is 3.43. The van der Waals surface area contributed by atoms with E-state index in [2.05, 4.69) is 41.7 Å². The minimum Gasteiger partial charge on any atom is -0.463 e. The van der Waals surface area contributed by atoms with Crippen molar-refractivity contribution in [1.29, 1.82) is 0 Å². The van der Waals surface area contributed by atoms with E-state index in [0.29, 0.717) is 12.2 Å². The highest BCUT2D eigenvalue weighted by molar-refractivity contribution is 7.25. The Hall–Kier alpha value is -2.33. The number of rotatable bonds is 4. The van der Waals surface area contributed by atoms with Crippen LogP contribution >= 0.6 is 11.3 Å². The number of nitrogens with one attached hydrogen (secondary N) is 1. The van der Waals surface area contributed by atoms with Crippen LogP contribution in [0.3, 0.4) is 0 Å². The maximum absolute atomic E-state index is 11.6. The molecule has 0 amide bonds. The third kappa shape index (κ3) is 2.83. The van der Waals surface area contributed by atoms with Gasteiger partial charge in [0.25, 0.3) is 0 Å². The molecular weight excluding hydrogens is 294 g/mol. The molecule has 3 aromatic rings. The summed E-state index contributed by atoms with van der Waals surface area (Å²) in [5.74, 6) is -0.294. The van der Waals surface area contributed by atoms with Crippen molar-refractivity contribution in [2.75, 3.05) is 11.9 Å². The largest absolute Gasteiger partial charge is 0.463 e. The molecule has 0 atom stereocenters. The summed E-state index contributed by atoms with van der Waals surface area (Å²) >= 11 is 1.79. The summed E-state index contributed by atoms with van der Waals surface area (Å²) in [4.78, 5) is 11.6. The van der Waals surface area contributed by atoms with Gasteiger partial charge in [0.2, 0.25) is 0 Å². The minimum absolute atomic E-state index is 0.294. The Balaban J connectivity index is 1.90. The summed E-state index contributed by atoms with van der Waals surface area (Å²) in [5, 5.41) is 5.66. The summed E-state index contributed by atoms with van der Waals surface area (Å²) in [7, 11) is 0. The molecule has 22 heavy (non-hydrogen) atoms. The van der Waals surface area contributed by atoms with Gasteiger partial charge in [0.1, 0.15) is 0 Å². The molecule has 0 fully saturated rings. The summed E-state index contributed by atoms with van der Waals surface area (Å²) in [6.07, 6.45) is 1.69. The lowest BCUT2D eigenvalue weighted by Gasteiger charge is -2.04. The van der Waals surface area contributed by atoms with Crippen molar-refractivity contribution >= 4 is 43.2 Å². The van der Waals surface area contributed by atoms with Crippen LogP contribution in [0.25, 0.3) is 20.2 Å². The summed E-state index contributed by atoms with van der Waals surface area (Å²) < 4.78 is 7.51. The van der Waals surface area contributed by atoms with E-state index in [4.69, 9.17) is 4.74 Å². The number of carbonyl (C=O) groups excluding carboxylic acids is 1. The molecule has 0 saturated heterocycles. The zero-order chi connectivity index (χ0) is 15.5. The van der Waals surface area contributed by atoms with E-state index < -0.39 is 0 Å². The van der Waals surface area contributed by atoms with Gasteiger partial charge < -0.3 is 10.1 Å². The van der Waals surface area contributed by atoms with Crippen LogP contribution < -0.4 is 5.32 Å². The summed E-state index contributed by atoms with van der Waals surface area (Å²) in [6, 6.07) is 14.6. The maximum atomic E-state index is 11.6. The zero-order valence-corrected chi connectivity index (χ0v) is 13.4. The number of carbonyl (C=O) groups is 1. The van der Waals surface area contributed by atoms with Crippen molar-refractivity contribution in [2.45, 2.75) is 13.8 Å².